The van der Waals surface area contributed by atoms with Crippen LogP contribution < -0.4 is 4.74 Å². The van der Waals surface area contributed by atoms with Crippen LogP contribution in [-0.2, 0) is 9.53 Å². The molecule has 0 heterocycles. The van der Waals surface area contributed by atoms with Crippen molar-refractivity contribution in [2.45, 2.75) is 26.2 Å². The molecule has 0 saturated carbocycles. The summed E-state index contributed by atoms with van der Waals surface area (Å²) in [6.45, 7) is 4.13. The first kappa shape index (κ1) is 22.9. The van der Waals surface area contributed by atoms with Gasteiger partial charge in [0.1, 0.15) is 5.75 Å². The maximum atomic E-state index is 11.4. The van der Waals surface area contributed by atoms with Crippen LogP contribution in [0.5, 0.6) is 5.75 Å². The summed E-state index contributed by atoms with van der Waals surface area (Å²) in [4.78, 5) is 11.4. The quantitative estimate of drug-likeness (QED) is 0.348. The van der Waals surface area contributed by atoms with Crippen molar-refractivity contribution in [3.05, 3.63) is 107 Å². The molecule has 0 fully saturated rings. The summed E-state index contributed by atoms with van der Waals surface area (Å²) in [5, 5.41) is 0.815. The topological polar surface area (TPSA) is 35.5 Å². The van der Waals surface area contributed by atoms with Crippen LogP contribution in [-0.4, -0.2) is 19.2 Å². The van der Waals surface area contributed by atoms with E-state index < -0.39 is 0 Å². The third-order valence-corrected chi connectivity index (χ3v) is 6.12. The number of hydrogen-bond donors (Lipinski definition) is 0. The fraction of sp³-hybridized carbons (Fsp3) is 0.207. The van der Waals surface area contributed by atoms with E-state index in [-0.39, 0.29) is 18.5 Å². The molecule has 1 aliphatic carbocycles. The first-order valence-corrected chi connectivity index (χ1v) is 11.5. The molecular formula is C29H27ClO3. The second-order valence-electron chi connectivity index (χ2n) is 8.08. The van der Waals surface area contributed by atoms with Crippen LogP contribution in [0.25, 0.3) is 16.7 Å². The summed E-state index contributed by atoms with van der Waals surface area (Å²) in [5.41, 5.74) is 7.09. The summed E-state index contributed by atoms with van der Waals surface area (Å²) in [6.07, 6.45) is 5.12. The molecule has 4 heteroatoms. The number of esters is 1. The highest BCUT2D eigenvalue weighted by atomic mass is 35.5. The minimum Gasteiger partial charge on any atom is -0.482 e. The highest BCUT2D eigenvalue weighted by molar-refractivity contribution is 6.31. The average Bonchev–Trinajstić information content (AvgIpc) is 2.84. The van der Waals surface area contributed by atoms with Crippen molar-refractivity contribution in [3.63, 3.8) is 0 Å². The van der Waals surface area contributed by atoms with Crippen LogP contribution >= 0.6 is 11.6 Å². The standard InChI is InChI=1S/C29H27ClO3/c1-3-32-29(31)19-33-26-15-12-24(13-16-26)27-17-14-25(18-28(27)30)23-10-8-22(9-11-23)21-6-4-20(2)5-7-21/h4-16,18,27H,3,17,19H2,1-2H3. The third-order valence-electron chi connectivity index (χ3n) is 5.75. The van der Waals surface area contributed by atoms with Gasteiger partial charge in [-0.25, -0.2) is 4.79 Å². The van der Waals surface area contributed by atoms with Crippen LogP contribution in [0, 0.1) is 6.92 Å². The summed E-state index contributed by atoms with van der Waals surface area (Å²) >= 11 is 6.71. The highest BCUT2D eigenvalue weighted by Crippen LogP contribution is 2.38. The van der Waals surface area contributed by atoms with E-state index in [1.807, 2.05) is 24.3 Å². The van der Waals surface area contributed by atoms with E-state index in [1.54, 1.807) is 6.92 Å². The Hall–Kier alpha value is -3.30. The number of benzene rings is 3. The molecule has 3 aromatic rings. The monoisotopic (exact) mass is 458 g/mol. The zero-order valence-electron chi connectivity index (χ0n) is 18.9. The van der Waals surface area contributed by atoms with Crippen LogP contribution in [0.3, 0.4) is 0 Å². The van der Waals surface area contributed by atoms with E-state index in [0.717, 1.165) is 28.2 Å². The summed E-state index contributed by atoms with van der Waals surface area (Å²) in [6, 6.07) is 24.9. The van der Waals surface area contributed by atoms with E-state index in [4.69, 9.17) is 21.1 Å². The van der Waals surface area contributed by atoms with Crippen LogP contribution in [0.1, 0.15) is 36.0 Å². The van der Waals surface area contributed by atoms with Crippen LogP contribution in [0.15, 0.2) is 90.0 Å². The molecule has 168 valence electrons. The van der Waals surface area contributed by atoms with Gasteiger partial charge in [0.25, 0.3) is 0 Å². The summed E-state index contributed by atoms with van der Waals surface area (Å²) in [7, 11) is 0. The van der Waals surface area contributed by atoms with Gasteiger partial charge >= 0.3 is 5.97 Å². The number of aryl methyl sites for hydroxylation is 1. The van der Waals surface area contributed by atoms with E-state index in [2.05, 4.69) is 67.6 Å². The minimum absolute atomic E-state index is 0.0912. The molecule has 0 aromatic heterocycles. The Morgan fingerprint density at radius 1 is 0.909 bits per heavy atom. The summed E-state index contributed by atoms with van der Waals surface area (Å²) in [5.74, 6) is 0.373. The maximum Gasteiger partial charge on any atom is 0.344 e. The SMILES string of the molecule is CCOC(=O)COc1ccc(C2CC=C(c3ccc(-c4ccc(C)cc4)cc3)C=C2Cl)cc1. The molecular weight excluding hydrogens is 432 g/mol. The minimum atomic E-state index is -0.371. The smallest absolute Gasteiger partial charge is 0.344 e. The molecule has 0 bridgehead atoms. The molecule has 4 rings (SSSR count). The second-order valence-corrected chi connectivity index (χ2v) is 8.52. The lowest BCUT2D eigenvalue weighted by Gasteiger charge is -2.21. The number of ether oxygens (including phenoxy) is 2. The van der Waals surface area contributed by atoms with Gasteiger partial charge in [-0.1, -0.05) is 83.9 Å². The lowest BCUT2D eigenvalue weighted by molar-refractivity contribution is -0.145. The van der Waals surface area contributed by atoms with Gasteiger partial charge in [-0.15, -0.1) is 0 Å². The van der Waals surface area contributed by atoms with Crippen LogP contribution in [0.4, 0.5) is 0 Å². The van der Waals surface area contributed by atoms with Crippen molar-refractivity contribution in [3.8, 4) is 16.9 Å². The molecule has 0 radical (unpaired) electrons. The average molecular weight is 459 g/mol. The molecule has 3 aromatic carbocycles. The molecule has 1 atom stereocenters. The lowest BCUT2D eigenvalue weighted by atomic mass is 9.87. The Morgan fingerprint density at radius 2 is 1.52 bits per heavy atom. The molecule has 1 unspecified atom stereocenters. The predicted octanol–water partition coefficient (Wildman–Crippen LogP) is 7.30. The Labute approximate surface area is 200 Å². The van der Waals surface area contributed by atoms with Gasteiger partial charge in [0.2, 0.25) is 0 Å². The normalized spacial score (nSPS) is 15.4. The number of allylic oxidation sites excluding steroid dienone is 4. The zero-order valence-corrected chi connectivity index (χ0v) is 19.6. The van der Waals surface area contributed by atoms with E-state index >= 15 is 0 Å². The molecule has 0 N–H and O–H groups in total. The number of halogens is 1. The van der Waals surface area contributed by atoms with Gasteiger partial charge in [-0.2, -0.15) is 0 Å². The van der Waals surface area contributed by atoms with Crippen molar-refractivity contribution in [2.75, 3.05) is 13.2 Å². The number of hydrogen-bond acceptors (Lipinski definition) is 3. The Kier molecular flexibility index (Phi) is 7.31. The van der Waals surface area contributed by atoms with Crippen molar-refractivity contribution in [1.82, 2.24) is 0 Å². The van der Waals surface area contributed by atoms with Crippen LogP contribution in [0.2, 0.25) is 0 Å². The van der Waals surface area contributed by atoms with Crippen molar-refractivity contribution in [1.29, 1.82) is 0 Å². The Bertz CT molecular complexity index is 1160. The maximum absolute atomic E-state index is 11.4. The lowest BCUT2D eigenvalue weighted by Crippen LogP contribution is -2.14. The third kappa shape index (κ3) is 5.74. The first-order valence-electron chi connectivity index (χ1n) is 11.2. The zero-order chi connectivity index (χ0) is 23.2. The van der Waals surface area contributed by atoms with Crippen molar-refractivity contribution >= 4 is 23.1 Å². The fourth-order valence-electron chi connectivity index (χ4n) is 3.90. The first-order chi connectivity index (χ1) is 16.0. The van der Waals surface area contributed by atoms with Gasteiger partial charge in [0.05, 0.1) is 6.61 Å². The number of carbonyl (C=O) groups excluding carboxylic acids is 1. The van der Waals surface area contributed by atoms with Gasteiger partial charge in [0, 0.05) is 11.0 Å². The Balaban J connectivity index is 1.41. The largest absolute Gasteiger partial charge is 0.482 e. The molecule has 0 saturated heterocycles. The molecule has 3 nitrogen and oxygen atoms in total. The van der Waals surface area contributed by atoms with Crippen molar-refractivity contribution < 1.29 is 14.3 Å². The predicted molar refractivity (Wildman–Crippen MR) is 134 cm³/mol. The molecule has 0 aliphatic heterocycles. The fourth-order valence-corrected chi connectivity index (χ4v) is 4.24. The number of rotatable bonds is 7. The van der Waals surface area contributed by atoms with Gasteiger partial charge in [-0.3, -0.25) is 0 Å². The highest BCUT2D eigenvalue weighted by Gasteiger charge is 2.19. The van der Waals surface area contributed by atoms with Gasteiger partial charge < -0.3 is 9.47 Å². The molecule has 0 spiro atoms. The number of carbonyl (C=O) groups is 1. The Morgan fingerprint density at radius 3 is 2.12 bits per heavy atom. The van der Waals surface area contributed by atoms with Gasteiger partial charge in [-0.05, 0) is 66.3 Å². The van der Waals surface area contributed by atoms with Crippen molar-refractivity contribution in [2.24, 2.45) is 0 Å². The molecule has 0 amide bonds. The summed E-state index contributed by atoms with van der Waals surface area (Å²) < 4.78 is 10.4. The van der Waals surface area contributed by atoms with Gasteiger partial charge in [0.15, 0.2) is 6.61 Å². The second kappa shape index (κ2) is 10.5. The van der Waals surface area contributed by atoms with E-state index in [1.165, 1.54) is 16.7 Å². The molecule has 1 aliphatic rings. The van der Waals surface area contributed by atoms with E-state index in [9.17, 15) is 4.79 Å². The van der Waals surface area contributed by atoms with E-state index in [0.29, 0.717) is 12.4 Å². The molecule has 33 heavy (non-hydrogen) atoms.